The van der Waals surface area contributed by atoms with Crippen molar-refractivity contribution in [2.24, 2.45) is 5.92 Å². The summed E-state index contributed by atoms with van der Waals surface area (Å²) in [6.45, 7) is 4.81. The monoisotopic (exact) mass is 445 g/mol. The van der Waals surface area contributed by atoms with Gasteiger partial charge in [-0.05, 0) is 48.2 Å². The Bertz CT molecular complexity index is 1050. The van der Waals surface area contributed by atoms with E-state index in [1.54, 1.807) is 0 Å². The molecule has 0 aromatic heterocycles. The molecule has 2 amide bonds. The zero-order valence-electron chi connectivity index (χ0n) is 19.1. The highest BCUT2D eigenvalue weighted by Crippen LogP contribution is 2.24. The highest BCUT2D eigenvalue weighted by atomic mass is 16.5. The van der Waals surface area contributed by atoms with Crippen molar-refractivity contribution in [3.8, 4) is 5.75 Å². The summed E-state index contributed by atoms with van der Waals surface area (Å²) >= 11 is 0. The van der Waals surface area contributed by atoms with Crippen LogP contribution in [0.2, 0.25) is 0 Å². The maximum absolute atomic E-state index is 12.5. The van der Waals surface area contributed by atoms with Crippen molar-refractivity contribution in [2.45, 2.75) is 26.7 Å². The summed E-state index contributed by atoms with van der Waals surface area (Å²) in [5.41, 5.74) is 3.20. The molecule has 33 heavy (non-hydrogen) atoms. The zero-order valence-corrected chi connectivity index (χ0v) is 19.1. The highest BCUT2D eigenvalue weighted by Gasteiger charge is 2.09. The number of anilines is 3. The van der Waals surface area contributed by atoms with Crippen molar-refractivity contribution in [3.63, 3.8) is 0 Å². The van der Waals surface area contributed by atoms with E-state index in [1.165, 1.54) is 0 Å². The van der Waals surface area contributed by atoms with E-state index in [0.29, 0.717) is 42.5 Å². The third kappa shape index (κ3) is 8.33. The number of para-hydroxylation sites is 2. The Morgan fingerprint density at radius 2 is 1.55 bits per heavy atom. The first kappa shape index (κ1) is 23.9. The molecule has 0 fully saturated rings. The molecular formula is C27H31N3O3. The van der Waals surface area contributed by atoms with Gasteiger partial charge in [-0.2, -0.15) is 0 Å². The third-order valence-electron chi connectivity index (χ3n) is 4.82. The summed E-state index contributed by atoms with van der Waals surface area (Å²) in [6, 6.07) is 24.6. The van der Waals surface area contributed by atoms with Crippen LogP contribution in [0.3, 0.4) is 0 Å². The van der Waals surface area contributed by atoms with Gasteiger partial charge >= 0.3 is 0 Å². The zero-order chi connectivity index (χ0) is 23.5. The minimum atomic E-state index is -0.187. The number of ether oxygens (including phenoxy) is 1. The van der Waals surface area contributed by atoms with E-state index in [2.05, 4.69) is 29.8 Å². The normalized spacial score (nSPS) is 10.5. The first-order chi connectivity index (χ1) is 16.0. The molecule has 3 aromatic carbocycles. The van der Waals surface area contributed by atoms with Crippen LogP contribution in [0.25, 0.3) is 0 Å². The summed E-state index contributed by atoms with van der Waals surface area (Å²) in [4.78, 5) is 24.7. The van der Waals surface area contributed by atoms with Crippen LogP contribution < -0.4 is 20.7 Å². The van der Waals surface area contributed by atoms with E-state index >= 15 is 0 Å². The second kappa shape index (κ2) is 12.3. The molecule has 3 N–H and O–H groups in total. The average Bonchev–Trinajstić information content (AvgIpc) is 2.82. The van der Waals surface area contributed by atoms with Crippen molar-refractivity contribution in [2.75, 3.05) is 29.1 Å². The lowest BCUT2D eigenvalue weighted by Gasteiger charge is -2.14. The van der Waals surface area contributed by atoms with Gasteiger partial charge in [-0.3, -0.25) is 9.59 Å². The Labute approximate surface area is 195 Å². The van der Waals surface area contributed by atoms with Gasteiger partial charge in [-0.1, -0.05) is 62.4 Å². The Morgan fingerprint density at radius 1 is 0.818 bits per heavy atom. The van der Waals surface area contributed by atoms with Gasteiger partial charge in [0.1, 0.15) is 5.75 Å². The number of rotatable bonds is 11. The molecule has 6 heteroatoms. The van der Waals surface area contributed by atoms with E-state index in [1.807, 2.05) is 78.9 Å². The number of carbonyl (C=O) groups is 2. The molecule has 0 bridgehead atoms. The van der Waals surface area contributed by atoms with E-state index in [0.717, 1.165) is 11.3 Å². The summed E-state index contributed by atoms with van der Waals surface area (Å²) in [5, 5.41) is 8.90. The van der Waals surface area contributed by atoms with Crippen LogP contribution in [0.15, 0.2) is 78.9 Å². The average molecular weight is 446 g/mol. The fourth-order valence-electron chi connectivity index (χ4n) is 3.16. The molecule has 0 saturated heterocycles. The lowest BCUT2D eigenvalue weighted by atomic mass is 10.1. The van der Waals surface area contributed by atoms with Gasteiger partial charge in [-0.25, -0.2) is 0 Å². The summed E-state index contributed by atoms with van der Waals surface area (Å²) in [6.07, 6.45) is 1.09. The van der Waals surface area contributed by atoms with Crippen molar-refractivity contribution >= 4 is 28.9 Å². The molecule has 0 saturated carbocycles. The number of hydrogen-bond donors (Lipinski definition) is 3. The Kier molecular flexibility index (Phi) is 8.88. The third-order valence-corrected chi connectivity index (χ3v) is 4.82. The maximum atomic E-state index is 12.5. The molecule has 0 heterocycles. The van der Waals surface area contributed by atoms with E-state index in [-0.39, 0.29) is 18.4 Å². The molecule has 6 nitrogen and oxygen atoms in total. The fraction of sp³-hybridized carbons (Fsp3) is 0.259. The van der Waals surface area contributed by atoms with Crippen LogP contribution in [-0.2, 0) is 16.0 Å². The molecule has 0 aliphatic rings. The quantitative estimate of drug-likeness (QED) is 0.372. The Balaban J connectivity index is 1.48. The van der Waals surface area contributed by atoms with Crippen molar-refractivity contribution in [1.82, 2.24) is 0 Å². The van der Waals surface area contributed by atoms with Crippen LogP contribution >= 0.6 is 0 Å². The molecule has 3 rings (SSSR count). The van der Waals surface area contributed by atoms with Gasteiger partial charge in [0.15, 0.2) is 0 Å². The summed E-state index contributed by atoms with van der Waals surface area (Å²) in [5.74, 6) is 0.806. The van der Waals surface area contributed by atoms with E-state index < -0.39 is 0 Å². The van der Waals surface area contributed by atoms with Gasteiger partial charge in [0, 0.05) is 17.8 Å². The second-order valence-corrected chi connectivity index (χ2v) is 8.22. The standard InChI is InChI=1S/C27H31N3O3/c1-20(2)19-33-25-14-7-6-13-24(25)30-27(32)18-28-22-11-8-12-23(17-22)29-26(31)16-15-21-9-4-3-5-10-21/h3-14,17,20,28H,15-16,18-19H2,1-2H3,(H,29,31)(H,30,32). The van der Waals surface area contributed by atoms with Crippen molar-refractivity contribution < 1.29 is 14.3 Å². The predicted octanol–water partition coefficient (Wildman–Crippen LogP) is 5.34. The SMILES string of the molecule is CC(C)COc1ccccc1NC(=O)CNc1cccc(NC(=O)CCc2ccccc2)c1. The smallest absolute Gasteiger partial charge is 0.243 e. The maximum Gasteiger partial charge on any atom is 0.243 e. The number of benzene rings is 3. The predicted molar refractivity (Wildman–Crippen MR) is 134 cm³/mol. The molecule has 0 atom stereocenters. The first-order valence-electron chi connectivity index (χ1n) is 11.2. The lowest BCUT2D eigenvalue weighted by molar-refractivity contribution is -0.116. The first-order valence-corrected chi connectivity index (χ1v) is 11.2. The van der Waals surface area contributed by atoms with E-state index in [9.17, 15) is 9.59 Å². The minimum absolute atomic E-state index is 0.0493. The largest absolute Gasteiger partial charge is 0.491 e. The molecular weight excluding hydrogens is 414 g/mol. The van der Waals surface area contributed by atoms with Gasteiger partial charge in [0.25, 0.3) is 0 Å². The lowest BCUT2D eigenvalue weighted by Crippen LogP contribution is -2.22. The number of hydrogen-bond acceptors (Lipinski definition) is 4. The Morgan fingerprint density at radius 3 is 2.33 bits per heavy atom. The Hall–Kier alpha value is -3.80. The van der Waals surface area contributed by atoms with Crippen LogP contribution in [0.4, 0.5) is 17.1 Å². The van der Waals surface area contributed by atoms with E-state index in [4.69, 9.17) is 4.74 Å². The van der Waals surface area contributed by atoms with Gasteiger partial charge in [0.05, 0.1) is 18.8 Å². The minimum Gasteiger partial charge on any atom is -0.491 e. The van der Waals surface area contributed by atoms with Crippen LogP contribution in [0.1, 0.15) is 25.8 Å². The van der Waals surface area contributed by atoms with Crippen molar-refractivity contribution in [3.05, 3.63) is 84.4 Å². The van der Waals surface area contributed by atoms with Gasteiger partial charge < -0.3 is 20.7 Å². The molecule has 0 aliphatic heterocycles. The molecule has 0 radical (unpaired) electrons. The second-order valence-electron chi connectivity index (χ2n) is 8.22. The van der Waals surface area contributed by atoms with Crippen molar-refractivity contribution in [1.29, 1.82) is 0 Å². The summed E-state index contributed by atoms with van der Waals surface area (Å²) < 4.78 is 5.79. The fourth-order valence-corrected chi connectivity index (χ4v) is 3.16. The van der Waals surface area contributed by atoms with Gasteiger partial charge in [-0.15, -0.1) is 0 Å². The number of amides is 2. The van der Waals surface area contributed by atoms with Crippen LogP contribution in [0, 0.1) is 5.92 Å². The number of carbonyl (C=O) groups excluding carboxylic acids is 2. The van der Waals surface area contributed by atoms with Crippen LogP contribution in [0.5, 0.6) is 5.75 Å². The summed E-state index contributed by atoms with van der Waals surface area (Å²) in [7, 11) is 0. The molecule has 0 aliphatic carbocycles. The number of aryl methyl sites for hydroxylation is 1. The highest BCUT2D eigenvalue weighted by molar-refractivity contribution is 5.95. The molecule has 172 valence electrons. The molecule has 3 aromatic rings. The van der Waals surface area contributed by atoms with Gasteiger partial charge in [0.2, 0.25) is 11.8 Å². The topological polar surface area (TPSA) is 79.5 Å². The van der Waals surface area contributed by atoms with Crippen LogP contribution in [-0.4, -0.2) is 25.0 Å². The molecule has 0 unspecified atom stereocenters. The number of nitrogens with one attached hydrogen (secondary N) is 3. The molecule has 0 spiro atoms.